The minimum Gasteiger partial charge on any atom is -0.448 e. The molecular weight excluding hydrogens is 498 g/mol. The maximum Gasteiger partial charge on any atom is 0.303 e. The normalized spacial score (nSPS) is 12.5. The summed E-state index contributed by atoms with van der Waals surface area (Å²) in [5.74, 6) is -3.34. The molecule has 0 bridgehead atoms. The van der Waals surface area contributed by atoms with Crippen molar-refractivity contribution in [2.75, 3.05) is 22.6 Å². The number of alkyl halides is 1. The molecule has 2 amide bonds. The first-order valence-electron chi connectivity index (χ1n) is 11.5. The van der Waals surface area contributed by atoms with Crippen LogP contribution in [-0.2, 0) is 34.1 Å². The minimum absolute atomic E-state index is 0.0387. The fourth-order valence-electron chi connectivity index (χ4n) is 3.44. The first-order valence-corrected chi connectivity index (χ1v) is 12.0. The van der Waals surface area contributed by atoms with Crippen molar-refractivity contribution in [3.63, 3.8) is 0 Å². The zero-order valence-electron chi connectivity index (χ0n) is 21.4. The second-order valence-corrected chi connectivity index (χ2v) is 9.59. The Kier molecular flexibility index (Phi) is 10.2. The maximum atomic E-state index is 13.7. The van der Waals surface area contributed by atoms with E-state index in [0.29, 0.717) is 11.3 Å². The van der Waals surface area contributed by atoms with Gasteiger partial charge in [0, 0.05) is 37.6 Å². The number of esters is 2. The number of ether oxygens (including phenoxy) is 2. The summed E-state index contributed by atoms with van der Waals surface area (Å²) >= 11 is 5.97. The number of carbonyl (C=O) groups excluding carboxylic acids is 4. The summed E-state index contributed by atoms with van der Waals surface area (Å²) in [6.45, 7) is 8.34. The number of nitriles is 1. The molecule has 2 aromatic carbocycles. The van der Waals surface area contributed by atoms with Gasteiger partial charge in [0.05, 0.1) is 11.6 Å². The molecule has 196 valence electrons. The lowest BCUT2D eigenvalue weighted by molar-refractivity contribution is -0.172. The van der Waals surface area contributed by atoms with Crippen LogP contribution in [0.1, 0.15) is 45.7 Å². The maximum absolute atomic E-state index is 13.7. The van der Waals surface area contributed by atoms with Crippen molar-refractivity contribution in [3.05, 3.63) is 59.7 Å². The van der Waals surface area contributed by atoms with Crippen molar-refractivity contribution < 1.29 is 28.7 Å². The van der Waals surface area contributed by atoms with Crippen LogP contribution in [-0.4, -0.2) is 48.4 Å². The molecule has 0 radical (unpaired) electrons. The van der Waals surface area contributed by atoms with E-state index in [9.17, 15) is 19.2 Å². The van der Waals surface area contributed by atoms with Gasteiger partial charge >= 0.3 is 11.9 Å². The van der Waals surface area contributed by atoms with Crippen molar-refractivity contribution in [1.82, 2.24) is 0 Å². The summed E-state index contributed by atoms with van der Waals surface area (Å²) < 4.78 is 10.4. The molecule has 10 heteroatoms. The molecule has 0 unspecified atom stereocenters. The Morgan fingerprint density at radius 3 is 1.95 bits per heavy atom. The number of rotatable bonds is 9. The van der Waals surface area contributed by atoms with Gasteiger partial charge in [-0.3, -0.25) is 19.2 Å². The first-order chi connectivity index (χ1) is 17.4. The lowest BCUT2D eigenvalue weighted by atomic mass is 9.87. The Morgan fingerprint density at radius 1 is 0.946 bits per heavy atom. The van der Waals surface area contributed by atoms with Crippen molar-refractivity contribution in [2.24, 2.45) is 0 Å². The lowest BCUT2D eigenvalue weighted by Gasteiger charge is -2.30. The molecule has 0 fully saturated rings. The fourth-order valence-corrected chi connectivity index (χ4v) is 3.61. The molecule has 0 heterocycles. The molecule has 2 aromatic rings. The smallest absolute Gasteiger partial charge is 0.303 e. The number of nitrogens with zero attached hydrogens (tertiary/aromatic N) is 2. The highest BCUT2D eigenvalue weighted by molar-refractivity contribution is 6.18. The summed E-state index contributed by atoms with van der Waals surface area (Å²) in [6.07, 6.45) is -3.58. The van der Waals surface area contributed by atoms with Crippen LogP contribution in [0.4, 0.5) is 11.4 Å². The number of carbonyl (C=O) groups is 4. The predicted molar refractivity (Wildman–Crippen MR) is 139 cm³/mol. The van der Waals surface area contributed by atoms with Crippen molar-refractivity contribution in [1.29, 1.82) is 5.26 Å². The van der Waals surface area contributed by atoms with Crippen LogP contribution in [0, 0.1) is 11.3 Å². The molecule has 2 rings (SSSR count). The molecule has 2 atom stereocenters. The summed E-state index contributed by atoms with van der Waals surface area (Å²) in [6, 6.07) is 15.1. The van der Waals surface area contributed by atoms with E-state index in [0.717, 1.165) is 19.4 Å². The summed E-state index contributed by atoms with van der Waals surface area (Å²) in [7, 11) is 0. The molecule has 0 saturated heterocycles. The van der Waals surface area contributed by atoms with Gasteiger partial charge in [0.25, 0.3) is 11.8 Å². The second kappa shape index (κ2) is 12.9. The van der Waals surface area contributed by atoms with Gasteiger partial charge in [0.1, 0.15) is 0 Å². The Hall–Kier alpha value is -3.90. The monoisotopic (exact) mass is 527 g/mol. The van der Waals surface area contributed by atoms with Crippen LogP contribution in [0.3, 0.4) is 0 Å². The summed E-state index contributed by atoms with van der Waals surface area (Å²) in [4.78, 5) is 52.0. The number of nitrogens with one attached hydrogen (secondary N) is 1. The van der Waals surface area contributed by atoms with Crippen molar-refractivity contribution in [3.8, 4) is 6.07 Å². The van der Waals surface area contributed by atoms with Crippen molar-refractivity contribution >= 4 is 46.7 Å². The van der Waals surface area contributed by atoms with Gasteiger partial charge in [-0.15, -0.1) is 11.6 Å². The van der Waals surface area contributed by atoms with E-state index in [-0.39, 0.29) is 23.5 Å². The molecule has 0 aromatic heterocycles. The van der Waals surface area contributed by atoms with Crippen LogP contribution >= 0.6 is 11.6 Å². The molecule has 0 spiro atoms. The highest BCUT2D eigenvalue weighted by Gasteiger charge is 2.42. The second-order valence-electron chi connectivity index (χ2n) is 9.21. The van der Waals surface area contributed by atoms with E-state index in [2.05, 4.69) is 26.1 Å². The third kappa shape index (κ3) is 8.33. The summed E-state index contributed by atoms with van der Waals surface area (Å²) in [5, 5.41) is 11.5. The Balaban J connectivity index is 2.45. The number of benzene rings is 2. The first kappa shape index (κ1) is 29.3. The van der Waals surface area contributed by atoms with Gasteiger partial charge in [-0.1, -0.05) is 32.9 Å². The van der Waals surface area contributed by atoms with Crippen LogP contribution < -0.4 is 10.2 Å². The van der Waals surface area contributed by atoms with Crippen molar-refractivity contribution in [2.45, 2.75) is 52.2 Å². The lowest BCUT2D eigenvalue weighted by Crippen LogP contribution is -2.53. The molecule has 1 N–H and O–H groups in total. The van der Waals surface area contributed by atoms with Crippen LogP contribution in [0.2, 0.25) is 0 Å². The van der Waals surface area contributed by atoms with E-state index >= 15 is 0 Å². The van der Waals surface area contributed by atoms with E-state index in [1.54, 1.807) is 12.1 Å². The van der Waals surface area contributed by atoms with E-state index < -0.39 is 36.0 Å². The van der Waals surface area contributed by atoms with Gasteiger partial charge in [-0.05, 0) is 47.4 Å². The highest BCUT2D eigenvalue weighted by Crippen LogP contribution is 2.26. The van der Waals surface area contributed by atoms with Gasteiger partial charge in [-0.2, -0.15) is 5.26 Å². The highest BCUT2D eigenvalue weighted by atomic mass is 35.5. The molecule has 0 aliphatic carbocycles. The number of anilines is 2. The number of hydrogen-bond acceptors (Lipinski definition) is 7. The molecule has 9 nitrogen and oxygen atoms in total. The quantitative estimate of drug-likeness (QED) is 0.386. The van der Waals surface area contributed by atoms with E-state index in [1.807, 2.05) is 18.2 Å². The standard InChI is InChI=1S/C27H30ClN3O6/c1-17(32)36-23(25(34)30-21-10-6-19(16-29)7-11-21)24(37-18(2)33)26(35)31(15-14-28)22-12-8-20(9-13-22)27(3,4)5/h6-13,23-24H,14-15H2,1-5H3,(H,30,34)/t23-,24-/m1/s1. The van der Waals surface area contributed by atoms with Gasteiger partial charge in [0.15, 0.2) is 0 Å². The Labute approximate surface area is 221 Å². The topological polar surface area (TPSA) is 126 Å². The number of hydrogen-bond donors (Lipinski definition) is 1. The third-order valence-corrected chi connectivity index (χ3v) is 5.43. The van der Waals surface area contributed by atoms with Gasteiger partial charge in [-0.25, -0.2) is 0 Å². The number of halogens is 1. The summed E-state index contributed by atoms with van der Waals surface area (Å²) in [5.41, 5.74) is 2.03. The third-order valence-electron chi connectivity index (χ3n) is 5.26. The largest absolute Gasteiger partial charge is 0.448 e. The van der Waals surface area contributed by atoms with Crippen LogP contribution in [0.15, 0.2) is 48.5 Å². The predicted octanol–water partition coefficient (Wildman–Crippen LogP) is 3.93. The van der Waals surface area contributed by atoms with Crippen LogP contribution in [0.25, 0.3) is 0 Å². The Bertz CT molecular complexity index is 1170. The van der Waals surface area contributed by atoms with E-state index in [4.69, 9.17) is 26.3 Å². The SMILES string of the molecule is CC(=O)O[C@@H](C(=O)Nc1ccc(C#N)cc1)[C@@H](OC(C)=O)C(=O)N(CCCl)c1ccc(C(C)(C)C)cc1. The molecular formula is C27H30ClN3O6. The van der Waals surface area contributed by atoms with Crippen LogP contribution in [0.5, 0.6) is 0 Å². The molecule has 0 aliphatic rings. The molecule has 0 saturated carbocycles. The zero-order valence-corrected chi connectivity index (χ0v) is 22.2. The minimum atomic E-state index is -1.80. The number of amides is 2. The fraction of sp³-hybridized carbons (Fsp3) is 0.370. The van der Waals surface area contributed by atoms with E-state index in [1.165, 1.54) is 29.2 Å². The van der Waals surface area contributed by atoms with Gasteiger partial charge < -0.3 is 19.7 Å². The molecule has 37 heavy (non-hydrogen) atoms. The molecule has 0 aliphatic heterocycles. The Morgan fingerprint density at radius 2 is 1.49 bits per heavy atom. The average molecular weight is 528 g/mol. The average Bonchev–Trinajstić information content (AvgIpc) is 2.84. The van der Waals surface area contributed by atoms with Gasteiger partial charge in [0.2, 0.25) is 12.2 Å². The zero-order chi connectivity index (χ0) is 27.8.